The normalized spacial score (nSPS) is 21.8. The maximum atomic E-state index is 11.8. The molecule has 3 N–H and O–H groups in total. The Bertz CT molecular complexity index is 1440. The van der Waals surface area contributed by atoms with Crippen molar-refractivity contribution in [1.29, 1.82) is 0 Å². The molecule has 0 radical (unpaired) electrons. The number of hydrogen-bond donors (Lipinski definition) is 3. The molecule has 6 rings (SSSR count). The fraction of sp³-hybridized carbons (Fsp3) is 0.519. The van der Waals surface area contributed by atoms with Crippen LogP contribution in [0.2, 0.25) is 0 Å². The topological polar surface area (TPSA) is 131 Å². The second kappa shape index (κ2) is 11.1. The average molecular weight is 554 g/mol. The van der Waals surface area contributed by atoms with Gasteiger partial charge in [0.25, 0.3) is 0 Å². The summed E-state index contributed by atoms with van der Waals surface area (Å²) >= 11 is 0. The van der Waals surface area contributed by atoms with Gasteiger partial charge in [-0.25, -0.2) is 13.4 Å². The summed E-state index contributed by atoms with van der Waals surface area (Å²) in [6, 6.07) is 8.27. The summed E-state index contributed by atoms with van der Waals surface area (Å²) < 4.78 is 38.2. The zero-order valence-corrected chi connectivity index (χ0v) is 23.0. The molecule has 1 saturated carbocycles. The Labute approximate surface area is 228 Å². The largest absolute Gasteiger partial charge is 0.474 e. The van der Waals surface area contributed by atoms with Crippen LogP contribution in [0, 0.1) is 0 Å². The molecule has 2 aliphatic heterocycles. The van der Waals surface area contributed by atoms with E-state index in [0.29, 0.717) is 41.7 Å². The Hall–Kier alpha value is -3.22. The van der Waals surface area contributed by atoms with E-state index in [1.165, 1.54) is 17.5 Å². The van der Waals surface area contributed by atoms with E-state index in [1.54, 1.807) is 6.07 Å². The van der Waals surface area contributed by atoms with E-state index in [2.05, 4.69) is 37.4 Å². The summed E-state index contributed by atoms with van der Waals surface area (Å²) in [5.74, 6) is 2.23. The number of sulfonamides is 1. The predicted octanol–water partition coefficient (Wildman–Crippen LogP) is 2.68. The molecule has 0 spiro atoms. The van der Waals surface area contributed by atoms with Crippen LogP contribution >= 0.6 is 0 Å². The van der Waals surface area contributed by atoms with Gasteiger partial charge in [0.2, 0.25) is 15.9 Å². The Morgan fingerprint density at radius 1 is 1.10 bits per heavy atom. The zero-order chi connectivity index (χ0) is 26.8. The Kier molecular flexibility index (Phi) is 7.41. The lowest BCUT2D eigenvalue weighted by atomic mass is 9.93. The van der Waals surface area contributed by atoms with Gasteiger partial charge in [-0.05, 0) is 43.4 Å². The number of pyridine rings is 3. The van der Waals surface area contributed by atoms with E-state index in [9.17, 15) is 8.42 Å². The first-order valence-corrected chi connectivity index (χ1v) is 15.5. The van der Waals surface area contributed by atoms with Crippen LogP contribution in [-0.4, -0.2) is 74.6 Å². The predicted molar refractivity (Wildman–Crippen MR) is 151 cm³/mol. The SMILES string of the molecule is CS(=O)(=O)Nc1cnc2cc(N3CCOCC3)nc(O[C@H]3CC[C@@H](Nc4ccc5c(n4)CCNC5)CC3)c2c1. The number of morpholine rings is 1. The zero-order valence-electron chi connectivity index (χ0n) is 22.1. The second-order valence-electron chi connectivity index (χ2n) is 10.5. The lowest BCUT2D eigenvalue weighted by Crippen LogP contribution is -2.37. The minimum Gasteiger partial charge on any atom is -0.474 e. The van der Waals surface area contributed by atoms with E-state index in [1.807, 2.05) is 6.07 Å². The molecule has 3 aliphatic rings. The smallest absolute Gasteiger partial charge is 0.229 e. The van der Waals surface area contributed by atoms with Gasteiger partial charge in [0.15, 0.2) is 0 Å². The first-order chi connectivity index (χ1) is 18.9. The summed E-state index contributed by atoms with van der Waals surface area (Å²) in [6.07, 6.45) is 7.31. The highest BCUT2D eigenvalue weighted by Crippen LogP contribution is 2.33. The van der Waals surface area contributed by atoms with Crippen molar-refractivity contribution >= 4 is 38.2 Å². The molecule has 0 atom stereocenters. The van der Waals surface area contributed by atoms with Gasteiger partial charge in [0.1, 0.15) is 17.7 Å². The second-order valence-corrected chi connectivity index (χ2v) is 12.3. The summed E-state index contributed by atoms with van der Waals surface area (Å²) in [6.45, 7) is 4.65. The maximum absolute atomic E-state index is 11.8. The van der Waals surface area contributed by atoms with Crippen LogP contribution in [0.4, 0.5) is 17.3 Å². The lowest BCUT2D eigenvalue weighted by molar-refractivity contribution is 0.122. The Morgan fingerprint density at radius 2 is 1.92 bits per heavy atom. The van der Waals surface area contributed by atoms with Crippen LogP contribution in [0.1, 0.15) is 36.9 Å². The molecule has 3 aromatic rings. The van der Waals surface area contributed by atoms with Crippen LogP contribution in [0.3, 0.4) is 0 Å². The number of aromatic nitrogens is 3. The summed E-state index contributed by atoms with van der Waals surface area (Å²) in [5, 5.41) is 7.71. The van der Waals surface area contributed by atoms with E-state index in [0.717, 1.165) is 76.2 Å². The molecule has 208 valence electrons. The van der Waals surface area contributed by atoms with Crippen molar-refractivity contribution in [2.24, 2.45) is 0 Å². The molecule has 11 nitrogen and oxygen atoms in total. The molecule has 0 amide bonds. The van der Waals surface area contributed by atoms with Crippen molar-refractivity contribution in [1.82, 2.24) is 20.3 Å². The standard InChI is InChI=1S/C27H35N7O4S/c1-39(35,36)33-20-14-22-24(29-17-20)15-26(34-10-12-37-13-11-34)32-27(22)38-21-5-3-19(4-6-21)30-25-7-2-18-16-28-9-8-23(18)31-25/h2,7,14-15,17,19,21,28,33H,3-6,8-13,16H2,1H3,(H,30,31)/t19-,21+. The molecule has 0 aromatic carbocycles. The van der Waals surface area contributed by atoms with Crippen molar-refractivity contribution in [3.05, 3.63) is 41.7 Å². The van der Waals surface area contributed by atoms with Crippen molar-refractivity contribution in [2.75, 3.05) is 54.0 Å². The van der Waals surface area contributed by atoms with E-state index in [4.69, 9.17) is 19.4 Å². The molecule has 39 heavy (non-hydrogen) atoms. The molecule has 0 unspecified atom stereocenters. The number of nitrogens with one attached hydrogen (secondary N) is 3. The van der Waals surface area contributed by atoms with Gasteiger partial charge >= 0.3 is 0 Å². The van der Waals surface area contributed by atoms with Gasteiger partial charge < -0.3 is 25.0 Å². The highest BCUT2D eigenvalue weighted by Gasteiger charge is 2.25. The number of ether oxygens (including phenoxy) is 2. The monoisotopic (exact) mass is 553 g/mol. The van der Waals surface area contributed by atoms with Crippen LogP contribution in [0.15, 0.2) is 30.5 Å². The highest BCUT2D eigenvalue weighted by atomic mass is 32.2. The fourth-order valence-corrected chi connectivity index (χ4v) is 6.04. The van der Waals surface area contributed by atoms with Gasteiger partial charge in [-0.2, -0.15) is 4.98 Å². The number of anilines is 3. The van der Waals surface area contributed by atoms with Gasteiger partial charge in [-0.15, -0.1) is 0 Å². The number of fused-ring (bicyclic) bond motifs is 2. The molecule has 0 bridgehead atoms. The Morgan fingerprint density at radius 3 is 2.72 bits per heavy atom. The summed E-state index contributed by atoms with van der Waals surface area (Å²) in [5.41, 5.74) is 3.57. The van der Waals surface area contributed by atoms with Gasteiger partial charge in [0.05, 0.1) is 42.3 Å². The minimum absolute atomic E-state index is 0.00720. The Balaban J connectivity index is 1.18. The van der Waals surface area contributed by atoms with E-state index in [-0.39, 0.29) is 6.10 Å². The van der Waals surface area contributed by atoms with Gasteiger partial charge in [-0.3, -0.25) is 9.71 Å². The minimum atomic E-state index is -3.44. The average Bonchev–Trinajstić information content (AvgIpc) is 2.94. The molecule has 2 fully saturated rings. The van der Waals surface area contributed by atoms with E-state index < -0.39 is 10.0 Å². The maximum Gasteiger partial charge on any atom is 0.229 e. The molecule has 12 heteroatoms. The number of nitrogens with zero attached hydrogens (tertiary/aromatic N) is 4. The summed E-state index contributed by atoms with van der Waals surface area (Å²) in [7, 11) is -3.44. The van der Waals surface area contributed by atoms with Gasteiger partial charge in [0, 0.05) is 50.4 Å². The molecule has 1 aliphatic carbocycles. The highest BCUT2D eigenvalue weighted by molar-refractivity contribution is 7.92. The summed E-state index contributed by atoms with van der Waals surface area (Å²) in [4.78, 5) is 16.4. The number of hydrogen-bond acceptors (Lipinski definition) is 10. The van der Waals surface area contributed by atoms with Crippen LogP contribution < -0.4 is 25.0 Å². The van der Waals surface area contributed by atoms with Crippen LogP contribution in [0.25, 0.3) is 10.9 Å². The number of rotatable bonds is 7. The molecule has 1 saturated heterocycles. The molecule has 3 aromatic heterocycles. The fourth-order valence-electron chi connectivity index (χ4n) is 5.50. The first-order valence-electron chi connectivity index (χ1n) is 13.6. The molecule has 5 heterocycles. The molecular formula is C27H35N7O4S. The third kappa shape index (κ3) is 6.34. The third-order valence-corrected chi connectivity index (χ3v) is 8.10. The molecular weight excluding hydrogens is 518 g/mol. The van der Waals surface area contributed by atoms with Crippen molar-refractivity contribution in [2.45, 2.75) is 50.8 Å². The van der Waals surface area contributed by atoms with Crippen LogP contribution in [0.5, 0.6) is 5.88 Å². The van der Waals surface area contributed by atoms with Crippen LogP contribution in [-0.2, 0) is 27.7 Å². The first kappa shape index (κ1) is 26.0. The lowest BCUT2D eigenvalue weighted by Gasteiger charge is -2.31. The van der Waals surface area contributed by atoms with Gasteiger partial charge in [-0.1, -0.05) is 6.07 Å². The third-order valence-electron chi connectivity index (χ3n) is 7.50. The van der Waals surface area contributed by atoms with E-state index >= 15 is 0 Å². The quantitative estimate of drug-likeness (QED) is 0.401. The van der Waals surface area contributed by atoms with Crippen molar-refractivity contribution in [3.63, 3.8) is 0 Å². The van der Waals surface area contributed by atoms with Crippen molar-refractivity contribution < 1.29 is 17.9 Å². The van der Waals surface area contributed by atoms with Crippen molar-refractivity contribution in [3.8, 4) is 5.88 Å².